The fraction of sp³-hybridized carbons (Fsp3) is 0.333. The minimum Gasteiger partial charge on any atom is -0.481 e. The highest BCUT2D eigenvalue weighted by molar-refractivity contribution is 6.00. The van der Waals surface area contributed by atoms with Gasteiger partial charge in [0.1, 0.15) is 11.3 Å². The first-order valence-electron chi connectivity index (χ1n) is 10.5. The third-order valence-electron chi connectivity index (χ3n) is 6.53. The Labute approximate surface area is 177 Å². The number of halogens is 2. The van der Waals surface area contributed by atoms with Crippen LogP contribution in [0.5, 0.6) is 0 Å². The fourth-order valence-corrected chi connectivity index (χ4v) is 4.93. The van der Waals surface area contributed by atoms with E-state index in [0.29, 0.717) is 40.2 Å². The van der Waals surface area contributed by atoms with Crippen molar-refractivity contribution in [1.29, 1.82) is 0 Å². The summed E-state index contributed by atoms with van der Waals surface area (Å²) >= 11 is 0. The minimum atomic E-state index is -0.809. The second kappa shape index (κ2) is 6.90. The molecule has 160 valence electrons. The number of hydrogen-bond donors (Lipinski definition) is 2. The highest BCUT2D eigenvalue weighted by atomic mass is 19.1. The first-order chi connectivity index (χ1) is 14.8. The Balaban J connectivity index is 1.87. The van der Waals surface area contributed by atoms with Crippen molar-refractivity contribution in [3.63, 3.8) is 0 Å². The molecule has 2 aromatic carbocycles. The molecule has 31 heavy (non-hydrogen) atoms. The smallest absolute Gasteiger partial charge is 0.306 e. The third kappa shape index (κ3) is 2.86. The number of aliphatic carboxylic acids is 1. The van der Waals surface area contributed by atoms with E-state index in [-0.39, 0.29) is 23.5 Å². The van der Waals surface area contributed by atoms with E-state index in [0.717, 1.165) is 16.9 Å². The molecule has 5 rings (SSSR count). The van der Waals surface area contributed by atoms with E-state index in [1.54, 1.807) is 25.3 Å². The zero-order valence-electron chi connectivity index (χ0n) is 17.5. The van der Waals surface area contributed by atoms with Gasteiger partial charge < -0.3 is 9.67 Å². The van der Waals surface area contributed by atoms with E-state index in [1.807, 2.05) is 24.5 Å². The van der Waals surface area contributed by atoms with Crippen molar-refractivity contribution >= 4 is 27.8 Å². The molecule has 1 aliphatic carbocycles. The standard InChI is InChI=1S/C24H23F2N3O2/c1-11(2)23-19(13-7-14(8-13)24(30)31)20-18(9-15-10-27-28-22(15)21(20)26)29(23)16-4-5-17(25)12(3)6-16/h4-6,9-11,13-14H,7-8H2,1-3H3,(H,27,28)(H,30,31)/t13-,14-. The number of rotatable bonds is 4. The van der Waals surface area contributed by atoms with Gasteiger partial charge in [-0.25, -0.2) is 8.78 Å². The lowest BCUT2D eigenvalue weighted by Gasteiger charge is -2.34. The monoisotopic (exact) mass is 423 g/mol. The average Bonchev–Trinajstić information content (AvgIpc) is 3.26. The normalized spacial score (nSPS) is 18.8. The van der Waals surface area contributed by atoms with Gasteiger partial charge >= 0.3 is 5.97 Å². The van der Waals surface area contributed by atoms with Crippen molar-refractivity contribution in [2.45, 2.75) is 45.4 Å². The van der Waals surface area contributed by atoms with Crippen LogP contribution in [0.4, 0.5) is 8.78 Å². The topological polar surface area (TPSA) is 70.9 Å². The Kier molecular flexibility index (Phi) is 4.39. The van der Waals surface area contributed by atoms with Gasteiger partial charge in [-0.05, 0) is 67.0 Å². The van der Waals surface area contributed by atoms with E-state index in [2.05, 4.69) is 10.2 Å². The van der Waals surface area contributed by atoms with Gasteiger partial charge in [-0.15, -0.1) is 0 Å². The first kappa shape index (κ1) is 19.7. The molecule has 1 saturated carbocycles. The van der Waals surface area contributed by atoms with E-state index in [9.17, 15) is 14.3 Å². The second-order valence-electron chi connectivity index (χ2n) is 8.84. The van der Waals surface area contributed by atoms with Crippen molar-refractivity contribution in [3.05, 3.63) is 58.9 Å². The Morgan fingerprint density at radius 1 is 1.26 bits per heavy atom. The molecule has 1 fully saturated rings. The number of carboxylic acids is 1. The van der Waals surface area contributed by atoms with Crippen LogP contribution < -0.4 is 0 Å². The predicted octanol–water partition coefficient (Wildman–Crippen LogP) is 5.80. The molecule has 2 heterocycles. The fourth-order valence-electron chi connectivity index (χ4n) is 4.93. The minimum absolute atomic E-state index is 0.0429. The largest absolute Gasteiger partial charge is 0.481 e. The van der Waals surface area contributed by atoms with E-state index >= 15 is 4.39 Å². The van der Waals surface area contributed by atoms with Gasteiger partial charge in [0, 0.05) is 22.2 Å². The van der Waals surface area contributed by atoms with Crippen LogP contribution in [-0.4, -0.2) is 25.8 Å². The molecule has 0 amide bonds. The van der Waals surface area contributed by atoms with Crippen LogP contribution in [0.1, 0.15) is 55.3 Å². The van der Waals surface area contributed by atoms with Crippen LogP contribution in [0, 0.1) is 24.5 Å². The SMILES string of the molecule is Cc1cc(-n2c(C(C)C)c([C@H]3C[C@H](C(=O)O)C3)c3c(F)c4[nH]ncc4cc32)ccc1F. The van der Waals surface area contributed by atoms with Crippen LogP contribution in [0.15, 0.2) is 30.5 Å². The van der Waals surface area contributed by atoms with Crippen molar-refractivity contribution in [1.82, 2.24) is 14.8 Å². The summed E-state index contributed by atoms with van der Waals surface area (Å²) in [5.74, 6) is -1.88. The number of aryl methyl sites for hydroxylation is 1. The summed E-state index contributed by atoms with van der Waals surface area (Å²) in [6, 6.07) is 6.80. The highest BCUT2D eigenvalue weighted by Gasteiger charge is 2.40. The molecule has 7 heteroatoms. The van der Waals surface area contributed by atoms with Crippen molar-refractivity contribution in [3.8, 4) is 5.69 Å². The maximum absolute atomic E-state index is 15.8. The number of fused-ring (bicyclic) bond motifs is 2. The summed E-state index contributed by atoms with van der Waals surface area (Å²) in [4.78, 5) is 11.4. The van der Waals surface area contributed by atoms with Gasteiger partial charge in [-0.1, -0.05) is 13.8 Å². The van der Waals surface area contributed by atoms with Crippen molar-refractivity contribution in [2.75, 3.05) is 0 Å². The van der Waals surface area contributed by atoms with Gasteiger partial charge in [0.2, 0.25) is 0 Å². The lowest BCUT2D eigenvalue weighted by atomic mass is 9.70. The number of nitrogens with one attached hydrogen (secondary N) is 1. The molecule has 0 unspecified atom stereocenters. The molecule has 0 atom stereocenters. The number of carbonyl (C=O) groups is 1. The average molecular weight is 423 g/mol. The molecule has 2 aromatic heterocycles. The third-order valence-corrected chi connectivity index (χ3v) is 6.53. The van der Waals surface area contributed by atoms with Crippen LogP contribution in [-0.2, 0) is 4.79 Å². The van der Waals surface area contributed by atoms with Crippen molar-refractivity contribution in [2.24, 2.45) is 5.92 Å². The lowest BCUT2D eigenvalue weighted by Crippen LogP contribution is -2.29. The highest BCUT2D eigenvalue weighted by Crippen LogP contribution is 2.50. The zero-order chi connectivity index (χ0) is 22.0. The van der Waals surface area contributed by atoms with E-state index < -0.39 is 11.9 Å². The number of nitrogens with zero attached hydrogens (tertiary/aromatic N) is 2. The number of carboxylic acid groups (broad SMARTS) is 1. The first-order valence-corrected chi connectivity index (χ1v) is 10.5. The molecule has 0 bridgehead atoms. The van der Waals surface area contributed by atoms with Gasteiger partial charge in [0.15, 0.2) is 5.82 Å². The molecule has 0 aliphatic heterocycles. The Hall–Kier alpha value is -3.22. The van der Waals surface area contributed by atoms with Crippen LogP contribution in [0.2, 0.25) is 0 Å². The van der Waals surface area contributed by atoms with E-state index in [4.69, 9.17) is 0 Å². The van der Waals surface area contributed by atoms with Crippen LogP contribution in [0.25, 0.3) is 27.5 Å². The van der Waals surface area contributed by atoms with Crippen LogP contribution in [0.3, 0.4) is 0 Å². The van der Waals surface area contributed by atoms with Gasteiger partial charge in [0.25, 0.3) is 0 Å². The molecule has 0 spiro atoms. The zero-order valence-corrected chi connectivity index (χ0v) is 17.5. The lowest BCUT2D eigenvalue weighted by molar-refractivity contribution is -0.145. The van der Waals surface area contributed by atoms with Gasteiger partial charge in [-0.3, -0.25) is 9.89 Å². The maximum Gasteiger partial charge on any atom is 0.306 e. The summed E-state index contributed by atoms with van der Waals surface area (Å²) in [5.41, 5.74) is 4.10. The number of hydrogen-bond acceptors (Lipinski definition) is 2. The molecule has 0 radical (unpaired) electrons. The number of aromatic nitrogens is 3. The second-order valence-corrected chi connectivity index (χ2v) is 8.84. The number of H-pyrrole nitrogens is 1. The maximum atomic E-state index is 15.8. The number of aromatic amines is 1. The van der Waals surface area contributed by atoms with Crippen molar-refractivity contribution < 1.29 is 18.7 Å². The molecule has 0 saturated heterocycles. The van der Waals surface area contributed by atoms with Gasteiger partial charge in [-0.2, -0.15) is 5.10 Å². The molecule has 2 N–H and O–H groups in total. The van der Waals surface area contributed by atoms with E-state index in [1.165, 1.54) is 6.07 Å². The Morgan fingerprint density at radius 3 is 2.65 bits per heavy atom. The summed E-state index contributed by atoms with van der Waals surface area (Å²) < 4.78 is 31.8. The molecular weight excluding hydrogens is 400 g/mol. The van der Waals surface area contributed by atoms with Crippen LogP contribution >= 0.6 is 0 Å². The Morgan fingerprint density at radius 2 is 2.00 bits per heavy atom. The summed E-state index contributed by atoms with van der Waals surface area (Å²) in [5, 5.41) is 17.3. The molecule has 1 aliphatic rings. The summed E-state index contributed by atoms with van der Waals surface area (Å²) in [6.45, 7) is 5.80. The Bertz CT molecular complexity index is 1350. The summed E-state index contributed by atoms with van der Waals surface area (Å²) in [6.07, 6.45) is 2.55. The molecule has 4 aromatic rings. The quantitative estimate of drug-likeness (QED) is 0.436. The predicted molar refractivity (Wildman–Crippen MR) is 115 cm³/mol. The molecule has 5 nitrogen and oxygen atoms in total. The van der Waals surface area contributed by atoms with Gasteiger partial charge in [0.05, 0.1) is 17.6 Å². The molecular formula is C24H23F2N3O2. The number of benzene rings is 2. The summed E-state index contributed by atoms with van der Waals surface area (Å²) in [7, 11) is 0.